The maximum atomic E-state index is 12.7. The third-order valence-electron chi connectivity index (χ3n) is 4.10. The number of nitrogen functional groups attached to an aromatic ring is 1. The highest BCUT2D eigenvalue weighted by atomic mass is 35.5. The number of hydrogen-bond acceptors (Lipinski definition) is 10. The molecule has 0 aromatic carbocycles. The van der Waals surface area contributed by atoms with Crippen molar-refractivity contribution in [3.05, 3.63) is 10.0 Å². The number of oxime groups is 1. The number of carbonyl (C=O) groups excluding carboxylic acids is 2. The van der Waals surface area contributed by atoms with Gasteiger partial charge in [-0.25, -0.2) is 9.78 Å². The SMILES string of the molecule is Nc1nc(C(=NOCC(=O)O)C(=O)NC2C(=O)N3CC(Cl)(C(=O)O)CS[C@H]23)c(Cl)s1. The first-order valence-electron chi connectivity index (χ1n) is 8.02. The van der Waals surface area contributed by atoms with Crippen LogP contribution in [0.1, 0.15) is 5.69 Å². The molecule has 30 heavy (non-hydrogen) atoms. The van der Waals surface area contributed by atoms with E-state index in [1.807, 2.05) is 0 Å². The molecule has 162 valence electrons. The van der Waals surface area contributed by atoms with E-state index in [1.54, 1.807) is 0 Å². The third kappa shape index (κ3) is 4.26. The van der Waals surface area contributed by atoms with Crippen LogP contribution >= 0.6 is 46.3 Å². The van der Waals surface area contributed by atoms with Gasteiger partial charge in [-0.15, -0.1) is 23.4 Å². The van der Waals surface area contributed by atoms with Crippen LogP contribution in [0.25, 0.3) is 0 Å². The van der Waals surface area contributed by atoms with Crippen LogP contribution in [-0.4, -0.2) is 84.8 Å². The summed E-state index contributed by atoms with van der Waals surface area (Å²) in [4.78, 5) is 55.2. The van der Waals surface area contributed by atoms with Gasteiger partial charge in [0, 0.05) is 5.75 Å². The quantitative estimate of drug-likeness (QED) is 0.168. The van der Waals surface area contributed by atoms with Crippen LogP contribution in [-0.2, 0) is 24.0 Å². The second kappa shape index (κ2) is 8.45. The maximum absolute atomic E-state index is 12.7. The number of halogens is 2. The molecule has 1 aromatic heterocycles. The molecule has 3 atom stereocenters. The van der Waals surface area contributed by atoms with E-state index in [2.05, 4.69) is 20.3 Å². The number of amides is 2. The average Bonchev–Trinajstić information content (AvgIpc) is 3.00. The van der Waals surface area contributed by atoms with Gasteiger partial charge in [0.15, 0.2) is 15.7 Å². The first-order valence-corrected chi connectivity index (χ1v) is 10.6. The van der Waals surface area contributed by atoms with Gasteiger partial charge in [0.2, 0.25) is 12.5 Å². The summed E-state index contributed by atoms with van der Waals surface area (Å²) in [6, 6.07) is -0.975. The van der Waals surface area contributed by atoms with E-state index in [0.717, 1.165) is 23.1 Å². The van der Waals surface area contributed by atoms with Gasteiger partial charge in [0.05, 0.1) is 6.54 Å². The minimum Gasteiger partial charge on any atom is -0.480 e. The van der Waals surface area contributed by atoms with Gasteiger partial charge in [-0.3, -0.25) is 14.4 Å². The van der Waals surface area contributed by atoms with E-state index < -0.39 is 52.4 Å². The van der Waals surface area contributed by atoms with Crippen molar-refractivity contribution >= 4 is 80.9 Å². The van der Waals surface area contributed by atoms with Crippen molar-refractivity contribution in [2.45, 2.75) is 16.3 Å². The molecule has 2 aliphatic rings. The van der Waals surface area contributed by atoms with Gasteiger partial charge in [-0.05, 0) is 0 Å². The smallest absolute Gasteiger partial charge is 0.344 e. The lowest BCUT2D eigenvalue weighted by molar-refractivity contribution is -0.151. The van der Waals surface area contributed by atoms with Crippen molar-refractivity contribution in [1.82, 2.24) is 15.2 Å². The average molecular weight is 498 g/mol. The molecule has 5 N–H and O–H groups in total. The molecule has 16 heteroatoms. The number of carbonyl (C=O) groups is 4. The van der Waals surface area contributed by atoms with Gasteiger partial charge in [0.25, 0.3) is 5.91 Å². The van der Waals surface area contributed by atoms with Crippen LogP contribution in [0.5, 0.6) is 0 Å². The number of nitrogens with one attached hydrogen (secondary N) is 1. The Bertz CT molecular complexity index is 957. The summed E-state index contributed by atoms with van der Waals surface area (Å²) in [7, 11) is 0. The van der Waals surface area contributed by atoms with E-state index in [9.17, 15) is 24.3 Å². The lowest BCUT2D eigenvalue weighted by atomic mass is 10.0. The van der Waals surface area contributed by atoms with E-state index in [4.69, 9.17) is 34.0 Å². The Balaban J connectivity index is 1.75. The zero-order valence-corrected chi connectivity index (χ0v) is 17.8. The Labute approximate surface area is 186 Å². The first-order chi connectivity index (χ1) is 14.0. The molecule has 0 bridgehead atoms. The van der Waals surface area contributed by atoms with Crippen molar-refractivity contribution in [1.29, 1.82) is 0 Å². The summed E-state index contributed by atoms with van der Waals surface area (Å²) in [5.74, 6) is -3.96. The molecule has 3 heterocycles. The number of β-lactam (4-membered cyclic amide) rings is 1. The van der Waals surface area contributed by atoms with Crippen molar-refractivity contribution in [3.63, 3.8) is 0 Å². The van der Waals surface area contributed by atoms with Crippen LogP contribution < -0.4 is 11.1 Å². The molecule has 2 fully saturated rings. The zero-order valence-electron chi connectivity index (χ0n) is 14.7. The lowest BCUT2D eigenvalue weighted by Crippen LogP contribution is -2.74. The summed E-state index contributed by atoms with van der Waals surface area (Å²) in [6.07, 6.45) is 0. The van der Waals surface area contributed by atoms with Gasteiger partial charge in [-0.2, -0.15) is 0 Å². The molecular weight excluding hydrogens is 485 g/mol. The van der Waals surface area contributed by atoms with Crippen LogP contribution in [0.2, 0.25) is 4.34 Å². The van der Waals surface area contributed by atoms with Gasteiger partial charge >= 0.3 is 11.9 Å². The molecule has 0 saturated carbocycles. The molecule has 2 aliphatic heterocycles. The fourth-order valence-corrected chi connectivity index (χ4v) is 5.32. The molecule has 0 spiro atoms. The van der Waals surface area contributed by atoms with Crippen molar-refractivity contribution < 1.29 is 34.2 Å². The van der Waals surface area contributed by atoms with E-state index in [-0.39, 0.29) is 27.5 Å². The summed E-state index contributed by atoms with van der Waals surface area (Å²) in [5, 5.41) is 23.4. The number of fused-ring (bicyclic) bond motifs is 1. The molecule has 12 nitrogen and oxygen atoms in total. The number of aromatic nitrogens is 1. The largest absolute Gasteiger partial charge is 0.480 e. The van der Waals surface area contributed by atoms with Gasteiger partial charge in [0.1, 0.15) is 21.4 Å². The minimum atomic E-state index is -1.60. The Morgan fingerprint density at radius 3 is 2.70 bits per heavy atom. The van der Waals surface area contributed by atoms with E-state index in [0.29, 0.717) is 0 Å². The number of carboxylic acids is 2. The highest BCUT2D eigenvalue weighted by Gasteiger charge is 2.57. The second-order valence-electron chi connectivity index (χ2n) is 6.17. The number of thioether (sulfide) groups is 1. The summed E-state index contributed by atoms with van der Waals surface area (Å²) < 4.78 is 0.0160. The van der Waals surface area contributed by atoms with Crippen molar-refractivity contribution in [3.8, 4) is 0 Å². The lowest BCUT2D eigenvalue weighted by Gasteiger charge is -2.52. The van der Waals surface area contributed by atoms with Crippen LogP contribution in [0, 0.1) is 0 Å². The minimum absolute atomic E-state index is 0.0160. The van der Waals surface area contributed by atoms with Gasteiger partial charge in [-0.1, -0.05) is 28.1 Å². The van der Waals surface area contributed by atoms with Crippen LogP contribution in [0.4, 0.5) is 5.13 Å². The number of aliphatic carboxylic acids is 2. The number of carboxylic acid groups (broad SMARTS) is 2. The second-order valence-corrected chi connectivity index (χ2v) is 9.63. The monoisotopic (exact) mass is 497 g/mol. The topological polar surface area (TPSA) is 185 Å². The summed E-state index contributed by atoms with van der Waals surface area (Å²) in [5.41, 5.74) is 4.98. The fourth-order valence-electron chi connectivity index (χ4n) is 2.69. The summed E-state index contributed by atoms with van der Waals surface area (Å²) >= 11 is 14.0. The molecule has 2 saturated heterocycles. The highest BCUT2D eigenvalue weighted by molar-refractivity contribution is 8.00. The number of nitrogens with two attached hydrogens (primary N) is 1. The Kier molecular flexibility index (Phi) is 6.31. The van der Waals surface area contributed by atoms with E-state index in [1.165, 1.54) is 4.90 Å². The molecule has 2 unspecified atom stereocenters. The number of nitrogens with zero attached hydrogens (tertiary/aromatic N) is 3. The molecule has 3 rings (SSSR count). The number of rotatable bonds is 7. The maximum Gasteiger partial charge on any atom is 0.344 e. The standard InChI is InChI=1S/C14H13Cl2N5O7S2/c15-8-5(19-13(17)30-8)6(20-28-1-4(22)23)9(24)18-7-10(25)21-2-14(16,12(26)27)3-29-11(7)21/h7,11H,1-3H2,(H2,17,19)(H,18,24)(H,22,23)(H,26,27)/t7?,11-,14?/m1/s1. The molecule has 1 aromatic rings. The zero-order chi connectivity index (χ0) is 22.2. The molecular formula is C14H13Cl2N5O7S2. The number of anilines is 1. The predicted molar refractivity (Wildman–Crippen MR) is 108 cm³/mol. The van der Waals surface area contributed by atoms with Crippen LogP contribution in [0.15, 0.2) is 5.16 Å². The molecule has 2 amide bonds. The van der Waals surface area contributed by atoms with Gasteiger partial charge < -0.3 is 31.0 Å². The first kappa shape index (κ1) is 22.4. The highest BCUT2D eigenvalue weighted by Crippen LogP contribution is 2.41. The molecule has 0 radical (unpaired) electrons. The fraction of sp³-hybridized carbons (Fsp3) is 0.429. The van der Waals surface area contributed by atoms with Crippen molar-refractivity contribution in [2.75, 3.05) is 24.6 Å². The van der Waals surface area contributed by atoms with E-state index >= 15 is 0 Å². The Morgan fingerprint density at radius 2 is 2.13 bits per heavy atom. The number of alkyl halides is 1. The molecule has 0 aliphatic carbocycles. The third-order valence-corrected chi connectivity index (χ3v) is 7.29. The summed E-state index contributed by atoms with van der Waals surface area (Å²) in [6.45, 7) is -1.03. The number of thiazole rings is 1. The van der Waals surface area contributed by atoms with Crippen LogP contribution in [0.3, 0.4) is 0 Å². The number of hydrogen-bond donors (Lipinski definition) is 4. The predicted octanol–water partition coefficient (Wildman–Crippen LogP) is -0.354. The normalized spacial score (nSPS) is 25.9. The van der Waals surface area contributed by atoms with Crippen molar-refractivity contribution in [2.24, 2.45) is 5.16 Å². The Morgan fingerprint density at radius 1 is 1.43 bits per heavy atom. The Hall–Kier alpha value is -2.29.